The van der Waals surface area contributed by atoms with Gasteiger partial charge >= 0.3 is 5.97 Å². The van der Waals surface area contributed by atoms with Crippen molar-refractivity contribution in [3.05, 3.63) is 95.1 Å². The number of nitrogens with zero attached hydrogens (tertiary/aromatic N) is 1. The summed E-state index contributed by atoms with van der Waals surface area (Å²) in [6.45, 7) is 0.466. The van der Waals surface area contributed by atoms with Gasteiger partial charge in [-0.25, -0.2) is 4.79 Å². The number of ether oxygens (including phenoxy) is 3. The third-order valence-corrected chi connectivity index (χ3v) is 7.41. The van der Waals surface area contributed by atoms with E-state index < -0.39 is 18.1 Å². The van der Waals surface area contributed by atoms with Gasteiger partial charge in [0.2, 0.25) is 0 Å². The molecule has 1 heterocycles. The Kier molecular flexibility index (Phi) is 7.94. The van der Waals surface area contributed by atoms with Crippen LogP contribution in [0.25, 0.3) is 0 Å². The average molecular weight is 516 g/mol. The van der Waals surface area contributed by atoms with E-state index in [-0.39, 0.29) is 25.0 Å². The van der Waals surface area contributed by atoms with E-state index in [0.29, 0.717) is 18.1 Å². The smallest absolute Gasteiger partial charge is 0.326 e. The van der Waals surface area contributed by atoms with E-state index in [1.165, 1.54) is 4.90 Å². The van der Waals surface area contributed by atoms with Gasteiger partial charge < -0.3 is 24.2 Å². The maximum Gasteiger partial charge on any atom is 0.326 e. The van der Waals surface area contributed by atoms with Crippen LogP contribution in [0.1, 0.15) is 54.0 Å². The number of carbonyl (C=O) groups excluding carboxylic acids is 1. The average Bonchev–Trinajstić information content (AvgIpc) is 3.48. The predicted molar refractivity (Wildman–Crippen MR) is 142 cm³/mol. The molecule has 1 N–H and O–H groups in total. The van der Waals surface area contributed by atoms with Crippen molar-refractivity contribution in [2.75, 3.05) is 7.11 Å². The number of hydrogen-bond donors (Lipinski definition) is 1. The van der Waals surface area contributed by atoms with Crippen molar-refractivity contribution in [2.24, 2.45) is 0 Å². The van der Waals surface area contributed by atoms with Crippen molar-refractivity contribution in [3.8, 4) is 11.5 Å². The van der Waals surface area contributed by atoms with Crippen molar-refractivity contribution < 1.29 is 28.9 Å². The van der Waals surface area contributed by atoms with Gasteiger partial charge in [0.15, 0.2) is 17.6 Å². The molecule has 0 spiro atoms. The molecule has 38 heavy (non-hydrogen) atoms. The molecule has 7 heteroatoms. The summed E-state index contributed by atoms with van der Waals surface area (Å²) in [6.07, 6.45) is 3.21. The first-order valence-electron chi connectivity index (χ1n) is 13.1. The van der Waals surface area contributed by atoms with Crippen LogP contribution >= 0.6 is 0 Å². The Balaban J connectivity index is 1.46. The summed E-state index contributed by atoms with van der Waals surface area (Å²) in [7, 11) is 1.56. The van der Waals surface area contributed by atoms with Crippen LogP contribution in [0.3, 0.4) is 0 Å². The lowest BCUT2D eigenvalue weighted by atomic mass is 9.91. The number of rotatable bonds is 9. The summed E-state index contributed by atoms with van der Waals surface area (Å²) in [6, 6.07) is 21.8. The first-order valence-corrected chi connectivity index (χ1v) is 13.1. The van der Waals surface area contributed by atoms with Gasteiger partial charge in [0, 0.05) is 18.5 Å². The standard InChI is InChI=1S/C31H33NO6/c1-36-27-17-16-23-19-32(30(33)28(22-12-6-3-7-13-22)38-24-14-8-9-15-24)26(31(34)35)18-25(23)29(27)37-20-21-10-4-2-5-11-21/h2-7,10-13,16-17,24,26,28H,8-9,14-15,18-20H2,1H3,(H,34,35)/t26-,28-/m0/s1. The molecule has 0 aromatic heterocycles. The van der Waals surface area contributed by atoms with Gasteiger partial charge in [0.05, 0.1) is 13.2 Å². The molecular weight excluding hydrogens is 482 g/mol. The molecule has 2 atom stereocenters. The Morgan fingerprint density at radius 2 is 1.66 bits per heavy atom. The molecule has 198 valence electrons. The van der Waals surface area contributed by atoms with Gasteiger partial charge in [-0.3, -0.25) is 4.79 Å². The number of benzene rings is 3. The maximum atomic E-state index is 14.0. The lowest BCUT2D eigenvalue weighted by Crippen LogP contribution is -2.50. The van der Waals surface area contributed by atoms with E-state index in [2.05, 4.69) is 0 Å². The van der Waals surface area contributed by atoms with E-state index in [1.807, 2.05) is 72.8 Å². The number of carbonyl (C=O) groups is 2. The van der Waals surface area contributed by atoms with Crippen molar-refractivity contribution in [1.29, 1.82) is 0 Å². The van der Waals surface area contributed by atoms with E-state index in [4.69, 9.17) is 14.2 Å². The fourth-order valence-electron chi connectivity index (χ4n) is 5.39. The first-order chi connectivity index (χ1) is 18.5. The third kappa shape index (κ3) is 5.53. The Labute approximate surface area is 222 Å². The molecule has 1 aliphatic heterocycles. The largest absolute Gasteiger partial charge is 0.493 e. The van der Waals surface area contributed by atoms with Gasteiger partial charge in [-0.2, -0.15) is 0 Å². The van der Waals surface area contributed by atoms with Crippen LogP contribution in [-0.4, -0.2) is 41.1 Å². The molecule has 5 rings (SSSR count). The number of aliphatic carboxylic acids is 1. The summed E-state index contributed by atoms with van der Waals surface area (Å²) in [5.74, 6) is -0.332. The number of methoxy groups -OCH3 is 1. The molecule has 0 bridgehead atoms. The van der Waals surface area contributed by atoms with E-state index >= 15 is 0 Å². The van der Waals surface area contributed by atoms with Crippen molar-refractivity contribution in [2.45, 2.75) is 63.5 Å². The Bertz CT molecular complexity index is 1260. The topological polar surface area (TPSA) is 85.3 Å². The number of fused-ring (bicyclic) bond motifs is 1. The molecule has 3 aromatic rings. The van der Waals surface area contributed by atoms with Crippen LogP contribution in [0.15, 0.2) is 72.8 Å². The quantitative estimate of drug-likeness (QED) is 0.416. The first kappa shape index (κ1) is 25.8. The van der Waals surface area contributed by atoms with Gasteiger partial charge in [0.1, 0.15) is 12.6 Å². The second-order valence-electron chi connectivity index (χ2n) is 9.87. The number of amides is 1. The van der Waals surface area contributed by atoms with Crippen molar-refractivity contribution in [1.82, 2.24) is 4.90 Å². The third-order valence-electron chi connectivity index (χ3n) is 7.41. The number of carboxylic acids is 1. The Hall–Kier alpha value is -3.84. The van der Waals surface area contributed by atoms with Gasteiger partial charge in [-0.1, -0.05) is 79.6 Å². The van der Waals surface area contributed by atoms with Crippen molar-refractivity contribution >= 4 is 11.9 Å². The van der Waals surface area contributed by atoms with Crippen LogP contribution in [0.4, 0.5) is 0 Å². The predicted octanol–water partition coefficient (Wildman–Crippen LogP) is 5.31. The summed E-state index contributed by atoms with van der Waals surface area (Å²) in [4.78, 5) is 28.0. The van der Waals surface area contributed by atoms with Crippen LogP contribution < -0.4 is 9.47 Å². The SMILES string of the molecule is COc1ccc2c(c1OCc1ccccc1)C[C@@H](C(=O)O)N(C(=O)[C@@H](OC1CCCC1)c1ccccc1)C2. The van der Waals surface area contributed by atoms with Crippen LogP contribution in [0, 0.1) is 0 Å². The normalized spacial score (nSPS) is 18.0. The Morgan fingerprint density at radius 3 is 2.32 bits per heavy atom. The monoisotopic (exact) mass is 515 g/mol. The highest BCUT2D eigenvalue weighted by atomic mass is 16.5. The van der Waals surface area contributed by atoms with Crippen molar-refractivity contribution in [3.63, 3.8) is 0 Å². The van der Waals surface area contributed by atoms with E-state index in [0.717, 1.165) is 47.9 Å². The van der Waals surface area contributed by atoms with E-state index in [1.54, 1.807) is 7.11 Å². The minimum Gasteiger partial charge on any atom is -0.493 e. The zero-order valence-electron chi connectivity index (χ0n) is 21.5. The highest BCUT2D eigenvalue weighted by Crippen LogP contribution is 2.40. The number of hydrogen-bond acceptors (Lipinski definition) is 5. The lowest BCUT2D eigenvalue weighted by Gasteiger charge is -2.37. The maximum absolute atomic E-state index is 14.0. The molecule has 1 saturated carbocycles. The van der Waals surface area contributed by atoms with Gasteiger partial charge in [-0.05, 0) is 35.6 Å². The molecule has 1 fully saturated rings. The number of carboxylic acid groups (broad SMARTS) is 1. The highest BCUT2D eigenvalue weighted by molar-refractivity contribution is 5.88. The molecule has 0 radical (unpaired) electrons. The second kappa shape index (κ2) is 11.7. The zero-order chi connectivity index (χ0) is 26.5. The molecule has 2 aliphatic rings. The summed E-state index contributed by atoms with van der Waals surface area (Å²) < 4.78 is 18.1. The molecule has 3 aromatic carbocycles. The minimum absolute atomic E-state index is 0.00763. The summed E-state index contributed by atoms with van der Waals surface area (Å²) >= 11 is 0. The molecule has 0 unspecified atom stereocenters. The van der Waals surface area contributed by atoms with Crippen LogP contribution in [-0.2, 0) is 33.9 Å². The second-order valence-corrected chi connectivity index (χ2v) is 9.87. The minimum atomic E-state index is -1.06. The Morgan fingerprint density at radius 1 is 0.974 bits per heavy atom. The van der Waals surface area contributed by atoms with Gasteiger partial charge in [-0.15, -0.1) is 0 Å². The fraction of sp³-hybridized carbons (Fsp3) is 0.355. The molecule has 1 aliphatic carbocycles. The molecular formula is C31H33NO6. The lowest BCUT2D eigenvalue weighted by molar-refractivity contribution is -0.160. The highest BCUT2D eigenvalue weighted by Gasteiger charge is 2.41. The fourth-order valence-corrected chi connectivity index (χ4v) is 5.39. The molecule has 7 nitrogen and oxygen atoms in total. The summed E-state index contributed by atoms with van der Waals surface area (Å²) in [5.41, 5.74) is 3.32. The van der Waals surface area contributed by atoms with Crippen LogP contribution in [0.2, 0.25) is 0 Å². The summed E-state index contributed by atoms with van der Waals surface area (Å²) in [5, 5.41) is 10.2. The van der Waals surface area contributed by atoms with E-state index in [9.17, 15) is 14.7 Å². The molecule has 1 amide bonds. The molecule has 0 saturated heterocycles. The van der Waals surface area contributed by atoms with Gasteiger partial charge in [0.25, 0.3) is 5.91 Å². The van der Waals surface area contributed by atoms with Crippen LogP contribution in [0.5, 0.6) is 11.5 Å². The zero-order valence-corrected chi connectivity index (χ0v) is 21.5.